The number of hydrogen-bond donors (Lipinski definition) is 1. The highest BCUT2D eigenvalue weighted by Crippen LogP contribution is 2.32. The van der Waals surface area contributed by atoms with Crippen LogP contribution in [-0.2, 0) is 0 Å². The zero-order chi connectivity index (χ0) is 12.4. The summed E-state index contributed by atoms with van der Waals surface area (Å²) >= 11 is 3.31. The number of nitriles is 1. The number of benzene rings is 2. The van der Waals surface area contributed by atoms with Crippen LogP contribution in [0, 0.1) is 11.3 Å². The molecule has 1 N–H and O–H groups in total. The summed E-state index contributed by atoms with van der Waals surface area (Å²) in [6.45, 7) is 0. The van der Waals surface area contributed by atoms with Crippen LogP contribution in [0.5, 0.6) is 0 Å². The maximum Gasteiger partial charge on any atom is 0.138 e. The summed E-state index contributed by atoms with van der Waals surface area (Å²) in [5.41, 5.74) is 0.941. The van der Waals surface area contributed by atoms with Gasteiger partial charge < -0.3 is 15.2 Å². The molecule has 0 aliphatic rings. The van der Waals surface area contributed by atoms with Crippen molar-refractivity contribution in [1.82, 2.24) is 0 Å². The van der Waals surface area contributed by atoms with E-state index in [-0.39, 0.29) is 0 Å². The van der Waals surface area contributed by atoms with Crippen LogP contribution in [0.15, 0.2) is 34.8 Å². The molecule has 0 aromatic heterocycles. The predicted molar refractivity (Wildman–Crippen MR) is 65.4 cm³/mol. The molecular weight excluding hydrogens is 284 g/mol. The Morgan fingerprint density at radius 3 is 2.71 bits per heavy atom. The van der Waals surface area contributed by atoms with Crippen molar-refractivity contribution in [2.75, 3.05) is 5.32 Å². The molecule has 0 aliphatic heterocycles. The van der Waals surface area contributed by atoms with E-state index in [2.05, 4.69) is 27.3 Å². The Balaban J connectivity index is 2.69. The van der Waals surface area contributed by atoms with Gasteiger partial charge >= 0.3 is 0 Å². The van der Waals surface area contributed by atoms with Gasteiger partial charge in [-0.15, -0.1) is 0 Å². The third kappa shape index (κ3) is 2.08. The SMILES string of the molecule is N#Cc1cccc2c(Br)c(NC(=O)[O-])ccc12. The van der Waals surface area contributed by atoms with Gasteiger partial charge in [-0.05, 0) is 33.4 Å². The molecule has 17 heavy (non-hydrogen) atoms. The second-order valence-electron chi connectivity index (χ2n) is 3.35. The van der Waals surface area contributed by atoms with Gasteiger partial charge in [0, 0.05) is 9.86 Å². The van der Waals surface area contributed by atoms with Gasteiger partial charge in [0.05, 0.1) is 17.3 Å². The first-order chi connectivity index (χ1) is 8.13. The first-order valence-corrected chi connectivity index (χ1v) is 5.52. The molecule has 2 aromatic carbocycles. The zero-order valence-electron chi connectivity index (χ0n) is 8.53. The highest BCUT2D eigenvalue weighted by molar-refractivity contribution is 9.10. The van der Waals surface area contributed by atoms with E-state index in [0.29, 0.717) is 15.7 Å². The van der Waals surface area contributed by atoms with Crippen molar-refractivity contribution in [1.29, 1.82) is 5.26 Å². The van der Waals surface area contributed by atoms with Crippen molar-refractivity contribution < 1.29 is 9.90 Å². The minimum Gasteiger partial charge on any atom is -0.530 e. The molecule has 5 heteroatoms. The Labute approximate surface area is 106 Å². The van der Waals surface area contributed by atoms with Crippen LogP contribution in [0.2, 0.25) is 0 Å². The lowest BCUT2D eigenvalue weighted by Gasteiger charge is -2.11. The maximum absolute atomic E-state index is 10.5. The number of fused-ring (bicyclic) bond motifs is 1. The largest absolute Gasteiger partial charge is 0.530 e. The van der Waals surface area contributed by atoms with Crippen LogP contribution in [0.3, 0.4) is 0 Å². The normalized spacial score (nSPS) is 9.88. The van der Waals surface area contributed by atoms with E-state index in [1.807, 2.05) is 0 Å². The topological polar surface area (TPSA) is 76.0 Å². The summed E-state index contributed by atoms with van der Waals surface area (Å²) < 4.78 is 0.594. The highest BCUT2D eigenvalue weighted by Gasteiger charge is 2.07. The van der Waals surface area contributed by atoms with Crippen LogP contribution in [-0.4, -0.2) is 6.09 Å². The van der Waals surface area contributed by atoms with E-state index >= 15 is 0 Å². The third-order valence-electron chi connectivity index (χ3n) is 2.35. The van der Waals surface area contributed by atoms with Gasteiger partial charge in [-0.3, -0.25) is 0 Å². The minimum atomic E-state index is -1.37. The van der Waals surface area contributed by atoms with E-state index in [9.17, 15) is 9.90 Å². The number of nitrogens with one attached hydrogen (secondary N) is 1. The van der Waals surface area contributed by atoms with Gasteiger partial charge in [0.1, 0.15) is 6.09 Å². The van der Waals surface area contributed by atoms with Crippen molar-refractivity contribution >= 4 is 38.5 Å². The van der Waals surface area contributed by atoms with E-state index in [4.69, 9.17) is 5.26 Å². The summed E-state index contributed by atoms with van der Waals surface area (Å²) in [4.78, 5) is 10.5. The second kappa shape index (κ2) is 4.44. The Kier molecular flexibility index (Phi) is 2.98. The molecule has 0 saturated heterocycles. The molecule has 0 spiro atoms. The molecule has 0 bridgehead atoms. The fourth-order valence-corrected chi connectivity index (χ4v) is 2.20. The Bertz CT molecular complexity index is 647. The highest BCUT2D eigenvalue weighted by atomic mass is 79.9. The number of amides is 1. The molecule has 0 radical (unpaired) electrons. The summed E-state index contributed by atoms with van der Waals surface area (Å²) in [5, 5.41) is 23.2. The zero-order valence-corrected chi connectivity index (χ0v) is 10.1. The average Bonchev–Trinajstić information content (AvgIpc) is 2.31. The molecule has 0 unspecified atom stereocenters. The van der Waals surface area contributed by atoms with Gasteiger partial charge in [0.2, 0.25) is 0 Å². The quantitative estimate of drug-likeness (QED) is 0.875. The van der Waals surface area contributed by atoms with Crippen molar-refractivity contribution in [2.24, 2.45) is 0 Å². The maximum atomic E-state index is 10.5. The number of nitrogens with zero attached hydrogens (tertiary/aromatic N) is 1. The molecule has 1 amide bonds. The molecule has 4 nitrogen and oxygen atoms in total. The Hall–Kier alpha value is -2.06. The fourth-order valence-electron chi connectivity index (χ4n) is 1.63. The number of rotatable bonds is 1. The van der Waals surface area contributed by atoms with Crippen molar-refractivity contribution in [3.05, 3.63) is 40.4 Å². The van der Waals surface area contributed by atoms with Crippen LogP contribution < -0.4 is 10.4 Å². The lowest BCUT2D eigenvalue weighted by Crippen LogP contribution is -2.28. The molecule has 0 saturated carbocycles. The first kappa shape index (κ1) is 11.4. The number of halogens is 1. The summed E-state index contributed by atoms with van der Waals surface area (Å²) in [7, 11) is 0. The smallest absolute Gasteiger partial charge is 0.138 e. The summed E-state index contributed by atoms with van der Waals surface area (Å²) in [6.07, 6.45) is -1.37. The van der Waals surface area contributed by atoms with Gasteiger partial charge in [-0.2, -0.15) is 5.26 Å². The minimum absolute atomic E-state index is 0.396. The predicted octanol–water partition coefficient (Wildman–Crippen LogP) is 2.23. The number of carbonyl (C=O) groups is 1. The second-order valence-corrected chi connectivity index (χ2v) is 4.15. The lowest BCUT2D eigenvalue weighted by atomic mass is 10.0. The van der Waals surface area contributed by atoms with Crippen molar-refractivity contribution in [2.45, 2.75) is 0 Å². The Morgan fingerprint density at radius 1 is 1.29 bits per heavy atom. The molecule has 0 fully saturated rings. The average molecular weight is 290 g/mol. The molecule has 84 valence electrons. The summed E-state index contributed by atoms with van der Waals surface area (Å²) in [6, 6.07) is 10.6. The van der Waals surface area contributed by atoms with E-state index in [1.54, 1.807) is 30.3 Å². The van der Waals surface area contributed by atoms with Crippen LogP contribution >= 0.6 is 15.9 Å². The van der Waals surface area contributed by atoms with Crippen LogP contribution in [0.1, 0.15) is 5.56 Å². The number of hydrogen-bond acceptors (Lipinski definition) is 3. The molecule has 2 rings (SSSR count). The van der Waals surface area contributed by atoms with Gasteiger partial charge in [-0.25, -0.2) is 0 Å². The first-order valence-electron chi connectivity index (χ1n) is 4.73. The Morgan fingerprint density at radius 2 is 2.06 bits per heavy atom. The number of carboxylic acid groups (broad SMARTS) is 1. The van der Waals surface area contributed by atoms with Crippen molar-refractivity contribution in [3.8, 4) is 6.07 Å². The molecular formula is C12H6BrN2O2-. The van der Waals surface area contributed by atoms with Gasteiger partial charge in [-0.1, -0.05) is 18.2 Å². The van der Waals surface area contributed by atoms with Crippen LogP contribution in [0.4, 0.5) is 10.5 Å². The van der Waals surface area contributed by atoms with Crippen LogP contribution in [0.25, 0.3) is 10.8 Å². The third-order valence-corrected chi connectivity index (χ3v) is 3.21. The van der Waals surface area contributed by atoms with E-state index in [1.165, 1.54) is 0 Å². The van der Waals surface area contributed by atoms with Crippen molar-refractivity contribution in [3.63, 3.8) is 0 Å². The number of anilines is 1. The number of carbonyl (C=O) groups excluding carboxylic acids is 1. The van der Waals surface area contributed by atoms with Gasteiger partial charge in [0.15, 0.2) is 0 Å². The standard InChI is InChI=1S/C12H7BrN2O2/c13-11-9-3-1-2-7(6-14)8(9)4-5-10(11)15-12(16)17/h1-5,15H,(H,16,17)/p-1. The van der Waals surface area contributed by atoms with Gasteiger partial charge in [0.25, 0.3) is 0 Å². The molecule has 0 atom stereocenters. The molecule has 0 heterocycles. The van der Waals surface area contributed by atoms with E-state index in [0.717, 1.165) is 10.8 Å². The lowest BCUT2D eigenvalue weighted by molar-refractivity contribution is -0.242. The van der Waals surface area contributed by atoms with E-state index < -0.39 is 6.09 Å². The fraction of sp³-hybridized carbons (Fsp3) is 0. The molecule has 2 aromatic rings. The molecule has 0 aliphatic carbocycles. The monoisotopic (exact) mass is 289 g/mol. The summed E-state index contributed by atoms with van der Waals surface area (Å²) in [5.74, 6) is 0.